The van der Waals surface area contributed by atoms with E-state index in [0.717, 1.165) is 10.9 Å². The zero-order valence-electron chi connectivity index (χ0n) is 10.7. The molecule has 2 rings (SSSR count). The van der Waals surface area contributed by atoms with Crippen LogP contribution in [0, 0.1) is 0 Å². The highest BCUT2D eigenvalue weighted by Gasteiger charge is 2.06. The number of ether oxygens (including phenoxy) is 1. The van der Waals surface area contributed by atoms with Crippen molar-refractivity contribution in [2.45, 2.75) is 19.8 Å². The first-order valence-corrected chi connectivity index (χ1v) is 7.85. The first kappa shape index (κ1) is 14.3. The summed E-state index contributed by atoms with van der Waals surface area (Å²) in [6.45, 7) is 2.28. The smallest absolute Gasteiger partial charge is 0.306 e. The molecule has 0 bridgehead atoms. The van der Waals surface area contributed by atoms with Gasteiger partial charge in [-0.1, -0.05) is 28.1 Å². The minimum Gasteiger partial charge on any atom is -0.466 e. The standard InChI is InChI=1S/C15H15BrO2S/c1-2-18-15(17)8-3-11-9-14(19-10-11)12-4-6-13(16)7-5-12/h4-7,9-10H,2-3,8H2,1H3. The zero-order valence-corrected chi connectivity index (χ0v) is 13.1. The van der Waals surface area contributed by atoms with Crippen LogP contribution in [0.5, 0.6) is 0 Å². The van der Waals surface area contributed by atoms with Gasteiger partial charge in [0.25, 0.3) is 0 Å². The van der Waals surface area contributed by atoms with Gasteiger partial charge in [0.2, 0.25) is 0 Å². The lowest BCUT2D eigenvalue weighted by Crippen LogP contribution is -2.04. The fourth-order valence-corrected chi connectivity index (χ4v) is 2.97. The molecule has 0 fully saturated rings. The highest BCUT2D eigenvalue weighted by atomic mass is 79.9. The topological polar surface area (TPSA) is 26.3 Å². The van der Waals surface area contributed by atoms with Crippen molar-refractivity contribution in [1.82, 2.24) is 0 Å². The molecule has 0 radical (unpaired) electrons. The summed E-state index contributed by atoms with van der Waals surface area (Å²) in [7, 11) is 0. The van der Waals surface area contributed by atoms with Crippen LogP contribution in [-0.4, -0.2) is 12.6 Å². The molecule has 0 unspecified atom stereocenters. The van der Waals surface area contributed by atoms with Crippen LogP contribution >= 0.6 is 27.3 Å². The fourth-order valence-electron chi connectivity index (χ4n) is 1.75. The van der Waals surface area contributed by atoms with E-state index in [0.29, 0.717) is 13.0 Å². The van der Waals surface area contributed by atoms with Crippen molar-refractivity contribution in [3.63, 3.8) is 0 Å². The summed E-state index contributed by atoms with van der Waals surface area (Å²) < 4.78 is 6.01. The number of benzene rings is 1. The van der Waals surface area contributed by atoms with Gasteiger partial charge >= 0.3 is 5.97 Å². The molecule has 0 saturated carbocycles. The zero-order chi connectivity index (χ0) is 13.7. The third-order valence-electron chi connectivity index (χ3n) is 2.71. The van der Waals surface area contributed by atoms with E-state index in [1.54, 1.807) is 11.3 Å². The van der Waals surface area contributed by atoms with E-state index in [1.807, 2.05) is 19.1 Å². The molecule has 0 aliphatic rings. The van der Waals surface area contributed by atoms with Crippen LogP contribution in [0.1, 0.15) is 18.9 Å². The van der Waals surface area contributed by atoms with E-state index in [9.17, 15) is 4.79 Å². The lowest BCUT2D eigenvalue weighted by atomic mass is 10.1. The van der Waals surface area contributed by atoms with Crippen LogP contribution in [0.2, 0.25) is 0 Å². The van der Waals surface area contributed by atoms with Gasteiger partial charge in [0.1, 0.15) is 0 Å². The van der Waals surface area contributed by atoms with Crippen molar-refractivity contribution in [3.8, 4) is 10.4 Å². The molecular formula is C15H15BrO2S. The molecule has 0 aliphatic carbocycles. The SMILES string of the molecule is CCOC(=O)CCc1csc(-c2ccc(Br)cc2)c1. The van der Waals surface area contributed by atoms with Crippen LogP contribution in [0.25, 0.3) is 10.4 Å². The van der Waals surface area contributed by atoms with Gasteiger partial charge in [0.15, 0.2) is 0 Å². The van der Waals surface area contributed by atoms with E-state index in [4.69, 9.17) is 4.74 Å². The van der Waals surface area contributed by atoms with Crippen LogP contribution in [-0.2, 0) is 16.0 Å². The molecule has 0 spiro atoms. The van der Waals surface area contributed by atoms with Crippen LogP contribution < -0.4 is 0 Å². The maximum Gasteiger partial charge on any atom is 0.306 e. The Labute approximate surface area is 125 Å². The van der Waals surface area contributed by atoms with Gasteiger partial charge in [-0.2, -0.15) is 0 Å². The number of esters is 1. The highest BCUT2D eigenvalue weighted by molar-refractivity contribution is 9.10. The minimum absolute atomic E-state index is 0.126. The summed E-state index contributed by atoms with van der Waals surface area (Å²) in [5.41, 5.74) is 2.39. The number of carbonyl (C=O) groups excluding carboxylic acids is 1. The number of halogens is 1. The second-order valence-corrected chi connectivity index (χ2v) is 5.96. The first-order valence-electron chi connectivity index (χ1n) is 6.18. The number of hydrogen-bond acceptors (Lipinski definition) is 3. The second-order valence-electron chi connectivity index (χ2n) is 4.13. The van der Waals surface area contributed by atoms with Crippen molar-refractivity contribution in [2.24, 2.45) is 0 Å². The molecule has 0 N–H and O–H groups in total. The molecule has 1 aromatic carbocycles. The summed E-state index contributed by atoms with van der Waals surface area (Å²) in [6.07, 6.45) is 1.19. The normalized spacial score (nSPS) is 10.4. The molecule has 19 heavy (non-hydrogen) atoms. The second kappa shape index (κ2) is 6.87. The van der Waals surface area contributed by atoms with Gasteiger partial charge in [-0.15, -0.1) is 11.3 Å². The lowest BCUT2D eigenvalue weighted by Gasteiger charge is -2.00. The number of carbonyl (C=O) groups is 1. The van der Waals surface area contributed by atoms with Crippen LogP contribution in [0.4, 0.5) is 0 Å². The van der Waals surface area contributed by atoms with Gasteiger partial charge < -0.3 is 4.74 Å². The van der Waals surface area contributed by atoms with Crippen LogP contribution in [0.3, 0.4) is 0 Å². The number of aryl methyl sites for hydroxylation is 1. The van der Waals surface area contributed by atoms with Crippen LogP contribution in [0.15, 0.2) is 40.2 Å². The molecule has 1 aromatic heterocycles. The number of rotatable bonds is 5. The highest BCUT2D eigenvalue weighted by Crippen LogP contribution is 2.28. The van der Waals surface area contributed by atoms with E-state index in [1.165, 1.54) is 16.0 Å². The Morgan fingerprint density at radius 3 is 2.74 bits per heavy atom. The van der Waals surface area contributed by atoms with Crippen molar-refractivity contribution in [2.75, 3.05) is 6.61 Å². The van der Waals surface area contributed by atoms with Crippen molar-refractivity contribution in [1.29, 1.82) is 0 Å². The fraction of sp³-hybridized carbons (Fsp3) is 0.267. The van der Waals surface area contributed by atoms with Crippen molar-refractivity contribution < 1.29 is 9.53 Å². The molecule has 100 valence electrons. The molecule has 4 heteroatoms. The summed E-state index contributed by atoms with van der Waals surface area (Å²) in [6, 6.07) is 10.4. The van der Waals surface area contributed by atoms with E-state index >= 15 is 0 Å². The van der Waals surface area contributed by atoms with Gasteiger partial charge in [-0.3, -0.25) is 4.79 Å². The largest absolute Gasteiger partial charge is 0.466 e. The number of thiophene rings is 1. The first-order chi connectivity index (χ1) is 9.19. The lowest BCUT2D eigenvalue weighted by molar-refractivity contribution is -0.143. The predicted molar refractivity (Wildman–Crippen MR) is 82.4 cm³/mol. The molecule has 2 nitrogen and oxygen atoms in total. The van der Waals surface area contributed by atoms with Gasteiger partial charge in [0, 0.05) is 15.8 Å². The maximum atomic E-state index is 11.3. The summed E-state index contributed by atoms with van der Waals surface area (Å²) >= 11 is 5.14. The molecule has 0 amide bonds. The Hall–Kier alpha value is -1.13. The molecule has 0 saturated heterocycles. The third-order valence-corrected chi connectivity index (χ3v) is 4.26. The molecular weight excluding hydrogens is 324 g/mol. The van der Waals surface area contributed by atoms with Gasteiger partial charge in [-0.05, 0) is 48.1 Å². The van der Waals surface area contributed by atoms with E-state index < -0.39 is 0 Å². The quantitative estimate of drug-likeness (QED) is 0.740. The van der Waals surface area contributed by atoms with Crippen molar-refractivity contribution >= 4 is 33.2 Å². The van der Waals surface area contributed by atoms with Gasteiger partial charge in [0.05, 0.1) is 6.61 Å². The Kier molecular flexibility index (Phi) is 5.16. The van der Waals surface area contributed by atoms with Crippen molar-refractivity contribution in [3.05, 3.63) is 45.7 Å². The molecule has 0 atom stereocenters. The Morgan fingerprint density at radius 2 is 2.05 bits per heavy atom. The van der Waals surface area contributed by atoms with E-state index in [-0.39, 0.29) is 5.97 Å². The van der Waals surface area contributed by atoms with E-state index in [2.05, 4.69) is 39.5 Å². The summed E-state index contributed by atoms with van der Waals surface area (Å²) in [5.74, 6) is -0.126. The summed E-state index contributed by atoms with van der Waals surface area (Å²) in [5, 5.41) is 2.11. The molecule has 1 heterocycles. The number of hydrogen-bond donors (Lipinski definition) is 0. The Balaban J connectivity index is 1.99. The minimum atomic E-state index is -0.126. The third kappa shape index (κ3) is 4.18. The molecule has 0 aliphatic heterocycles. The van der Waals surface area contributed by atoms with Gasteiger partial charge in [-0.25, -0.2) is 0 Å². The monoisotopic (exact) mass is 338 g/mol. The Bertz CT molecular complexity index is 546. The predicted octanol–water partition coefficient (Wildman–Crippen LogP) is 4.67. The average molecular weight is 339 g/mol. The molecule has 2 aromatic rings. The maximum absolute atomic E-state index is 11.3. The summed E-state index contributed by atoms with van der Waals surface area (Å²) in [4.78, 5) is 12.5. The average Bonchev–Trinajstić information content (AvgIpc) is 2.86. The Morgan fingerprint density at radius 1 is 1.32 bits per heavy atom.